The van der Waals surface area contributed by atoms with Crippen molar-refractivity contribution in [1.82, 2.24) is 14.9 Å². The van der Waals surface area contributed by atoms with Crippen LogP contribution in [0.1, 0.15) is 11.1 Å². The van der Waals surface area contributed by atoms with Gasteiger partial charge in [-0.05, 0) is 42.4 Å². The number of aromatic nitrogens is 2. The van der Waals surface area contributed by atoms with Crippen LogP contribution < -0.4 is 5.32 Å². The molecule has 3 nitrogen and oxygen atoms in total. The minimum atomic E-state index is 0.712. The first-order valence-electron chi connectivity index (χ1n) is 6.70. The van der Waals surface area contributed by atoms with E-state index in [9.17, 15) is 0 Å². The van der Waals surface area contributed by atoms with Crippen LogP contribution >= 0.6 is 27.5 Å². The maximum absolute atomic E-state index is 6.32. The lowest BCUT2D eigenvalue weighted by Gasteiger charge is -2.07. The van der Waals surface area contributed by atoms with Gasteiger partial charge in [0, 0.05) is 33.8 Å². The number of hydrogen-bond acceptors (Lipinski definition) is 2. The summed E-state index contributed by atoms with van der Waals surface area (Å²) < 4.78 is 3.14. The smallest absolute Gasteiger partial charge is 0.140 e. The molecule has 0 bridgehead atoms. The monoisotopic (exact) mass is 363 g/mol. The molecule has 2 aromatic heterocycles. The van der Waals surface area contributed by atoms with Crippen LogP contribution in [-0.2, 0) is 13.1 Å². The van der Waals surface area contributed by atoms with Crippen LogP contribution in [0.3, 0.4) is 0 Å². The standard InChI is InChI=1S/C16H15BrClN3/c1-19-8-12-10-21(16-14(12)3-2-6-20-16)9-11-4-5-13(17)7-15(11)18/h2-7,10,19H,8-9H2,1H3. The van der Waals surface area contributed by atoms with Gasteiger partial charge in [0.05, 0.1) is 6.54 Å². The fourth-order valence-electron chi connectivity index (χ4n) is 2.48. The molecule has 5 heteroatoms. The van der Waals surface area contributed by atoms with Crippen molar-refractivity contribution in [2.24, 2.45) is 0 Å². The highest BCUT2D eigenvalue weighted by molar-refractivity contribution is 9.10. The molecule has 0 amide bonds. The van der Waals surface area contributed by atoms with Crippen molar-refractivity contribution in [2.75, 3.05) is 7.05 Å². The molecule has 0 radical (unpaired) electrons. The number of pyridine rings is 1. The molecule has 0 aliphatic rings. The molecule has 0 fully saturated rings. The third-order valence-corrected chi connectivity index (χ3v) is 4.28. The second-order valence-corrected chi connectivity index (χ2v) is 6.25. The van der Waals surface area contributed by atoms with Crippen LogP contribution in [0.25, 0.3) is 11.0 Å². The van der Waals surface area contributed by atoms with Crippen LogP contribution in [-0.4, -0.2) is 16.6 Å². The van der Waals surface area contributed by atoms with Gasteiger partial charge in [0.1, 0.15) is 5.65 Å². The largest absolute Gasteiger partial charge is 0.328 e. The zero-order valence-corrected chi connectivity index (χ0v) is 13.9. The van der Waals surface area contributed by atoms with Crippen molar-refractivity contribution in [1.29, 1.82) is 0 Å². The molecule has 0 unspecified atom stereocenters. The van der Waals surface area contributed by atoms with Gasteiger partial charge in [-0.3, -0.25) is 0 Å². The van der Waals surface area contributed by atoms with E-state index in [1.54, 1.807) is 0 Å². The Kier molecular flexibility index (Phi) is 4.29. The molecule has 3 aromatic rings. The Hall–Kier alpha value is -1.36. The van der Waals surface area contributed by atoms with E-state index in [1.165, 1.54) is 10.9 Å². The minimum absolute atomic E-state index is 0.712. The van der Waals surface area contributed by atoms with Crippen molar-refractivity contribution in [3.63, 3.8) is 0 Å². The summed E-state index contributed by atoms with van der Waals surface area (Å²) in [6, 6.07) is 10.0. The van der Waals surface area contributed by atoms with Gasteiger partial charge in [-0.15, -0.1) is 0 Å². The molecule has 0 spiro atoms. The molecule has 0 atom stereocenters. The lowest BCUT2D eigenvalue weighted by atomic mass is 10.2. The Morgan fingerprint density at radius 3 is 2.90 bits per heavy atom. The Morgan fingerprint density at radius 1 is 1.29 bits per heavy atom. The normalized spacial score (nSPS) is 11.2. The van der Waals surface area contributed by atoms with Crippen LogP contribution in [0.4, 0.5) is 0 Å². The molecule has 2 heterocycles. The van der Waals surface area contributed by atoms with Crippen LogP contribution in [0.2, 0.25) is 5.02 Å². The maximum atomic E-state index is 6.32. The van der Waals surface area contributed by atoms with Crippen molar-refractivity contribution in [3.05, 3.63) is 63.3 Å². The molecular formula is C16H15BrClN3. The quantitative estimate of drug-likeness (QED) is 0.751. The molecule has 1 aromatic carbocycles. The minimum Gasteiger partial charge on any atom is -0.328 e. The van der Waals surface area contributed by atoms with Gasteiger partial charge in [-0.25, -0.2) is 4.98 Å². The number of fused-ring (bicyclic) bond motifs is 1. The van der Waals surface area contributed by atoms with E-state index in [1.807, 2.05) is 37.5 Å². The molecule has 1 N–H and O–H groups in total. The molecule has 0 saturated carbocycles. The lowest BCUT2D eigenvalue weighted by molar-refractivity contribution is 0.791. The van der Waals surface area contributed by atoms with E-state index < -0.39 is 0 Å². The lowest BCUT2D eigenvalue weighted by Crippen LogP contribution is -2.04. The van der Waals surface area contributed by atoms with Crippen LogP contribution in [0.15, 0.2) is 47.2 Å². The van der Waals surface area contributed by atoms with E-state index in [0.717, 1.165) is 27.3 Å². The second-order valence-electron chi connectivity index (χ2n) is 4.92. The summed E-state index contributed by atoms with van der Waals surface area (Å²) in [5.41, 5.74) is 3.31. The van der Waals surface area contributed by atoms with Gasteiger partial charge in [0.2, 0.25) is 0 Å². The summed E-state index contributed by atoms with van der Waals surface area (Å²) >= 11 is 9.76. The zero-order valence-electron chi connectivity index (χ0n) is 11.6. The Morgan fingerprint density at radius 2 is 2.14 bits per heavy atom. The van der Waals surface area contributed by atoms with Gasteiger partial charge >= 0.3 is 0 Å². The summed E-state index contributed by atoms with van der Waals surface area (Å²) in [4.78, 5) is 4.51. The van der Waals surface area contributed by atoms with E-state index in [2.05, 4.69) is 43.1 Å². The van der Waals surface area contributed by atoms with Crippen LogP contribution in [0, 0.1) is 0 Å². The number of rotatable bonds is 4. The third-order valence-electron chi connectivity index (χ3n) is 3.44. The Labute approximate surface area is 137 Å². The van der Waals surface area contributed by atoms with Gasteiger partial charge in [-0.1, -0.05) is 33.6 Å². The predicted molar refractivity (Wildman–Crippen MR) is 90.8 cm³/mol. The predicted octanol–water partition coefficient (Wildman–Crippen LogP) is 4.22. The van der Waals surface area contributed by atoms with E-state index >= 15 is 0 Å². The topological polar surface area (TPSA) is 29.9 Å². The first kappa shape index (κ1) is 14.6. The van der Waals surface area contributed by atoms with Gasteiger partial charge in [-0.2, -0.15) is 0 Å². The average molecular weight is 365 g/mol. The third kappa shape index (κ3) is 2.98. The van der Waals surface area contributed by atoms with Crippen molar-refractivity contribution in [3.8, 4) is 0 Å². The molecule has 0 aliphatic heterocycles. The Bertz CT molecular complexity index is 782. The molecule has 0 saturated heterocycles. The van der Waals surface area contributed by atoms with Gasteiger partial charge < -0.3 is 9.88 Å². The summed E-state index contributed by atoms with van der Waals surface area (Å²) in [7, 11) is 1.95. The van der Waals surface area contributed by atoms with Crippen LogP contribution in [0.5, 0.6) is 0 Å². The maximum Gasteiger partial charge on any atom is 0.140 e. The number of hydrogen-bond donors (Lipinski definition) is 1. The summed E-state index contributed by atoms with van der Waals surface area (Å²) in [5, 5.41) is 5.14. The van der Waals surface area contributed by atoms with Crippen molar-refractivity contribution in [2.45, 2.75) is 13.1 Å². The molecule has 3 rings (SSSR count). The Balaban J connectivity index is 2.04. The van der Waals surface area contributed by atoms with E-state index in [0.29, 0.717) is 6.54 Å². The van der Waals surface area contributed by atoms with Gasteiger partial charge in [0.15, 0.2) is 0 Å². The first-order valence-corrected chi connectivity index (χ1v) is 7.87. The highest BCUT2D eigenvalue weighted by Crippen LogP contribution is 2.25. The molecular weight excluding hydrogens is 350 g/mol. The number of benzene rings is 1. The van der Waals surface area contributed by atoms with Crippen molar-refractivity contribution < 1.29 is 0 Å². The van der Waals surface area contributed by atoms with E-state index in [-0.39, 0.29) is 0 Å². The number of nitrogens with one attached hydrogen (secondary N) is 1. The summed E-state index contributed by atoms with van der Waals surface area (Å²) in [5.74, 6) is 0. The number of nitrogens with zero attached hydrogens (tertiary/aromatic N) is 2. The second kappa shape index (κ2) is 6.18. The highest BCUT2D eigenvalue weighted by atomic mass is 79.9. The summed E-state index contributed by atoms with van der Waals surface area (Å²) in [6.07, 6.45) is 3.97. The highest BCUT2D eigenvalue weighted by Gasteiger charge is 2.10. The molecule has 21 heavy (non-hydrogen) atoms. The average Bonchev–Trinajstić information content (AvgIpc) is 2.81. The summed E-state index contributed by atoms with van der Waals surface area (Å²) in [6.45, 7) is 1.53. The first-order chi connectivity index (χ1) is 10.2. The van der Waals surface area contributed by atoms with E-state index in [4.69, 9.17) is 11.6 Å². The SMILES string of the molecule is CNCc1cn(Cc2ccc(Br)cc2Cl)c2ncccc12. The molecule has 0 aliphatic carbocycles. The zero-order chi connectivity index (χ0) is 14.8. The fraction of sp³-hybridized carbons (Fsp3) is 0.188. The molecule has 108 valence electrons. The fourth-order valence-corrected chi connectivity index (χ4v) is 3.21. The van der Waals surface area contributed by atoms with Gasteiger partial charge in [0.25, 0.3) is 0 Å². The number of halogens is 2. The van der Waals surface area contributed by atoms with Crippen molar-refractivity contribution >= 4 is 38.6 Å².